The molecule has 4 atom stereocenters. The largest absolute Gasteiger partial charge is 0.480 e. The number of rotatable bonds is 6. The van der Waals surface area contributed by atoms with Crippen LogP contribution in [0, 0.1) is 0 Å². The van der Waals surface area contributed by atoms with Crippen LogP contribution in [0.2, 0.25) is 0 Å². The highest BCUT2D eigenvalue weighted by molar-refractivity contribution is 5.81. The lowest BCUT2D eigenvalue weighted by Gasteiger charge is -2.34. The molecule has 0 spiro atoms. The van der Waals surface area contributed by atoms with E-state index in [0.29, 0.717) is 42.8 Å². The van der Waals surface area contributed by atoms with Gasteiger partial charge in [-0.1, -0.05) is 60.7 Å². The summed E-state index contributed by atoms with van der Waals surface area (Å²) in [4.78, 5) is 26.4. The topological polar surface area (TPSA) is 119 Å². The van der Waals surface area contributed by atoms with E-state index in [9.17, 15) is 19.8 Å². The highest BCUT2D eigenvalue weighted by Gasteiger charge is 2.50. The van der Waals surface area contributed by atoms with E-state index in [-0.39, 0.29) is 33.6 Å². The third-order valence-corrected chi connectivity index (χ3v) is 7.94. The molecule has 8 nitrogen and oxygen atoms in total. The smallest absolute Gasteiger partial charge is 0.193 e. The molecule has 5 aromatic rings. The summed E-state index contributed by atoms with van der Waals surface area (Å²) in [6.07, 6.45) is -2.82. The highest BCUT2D eigenvalue weighted by Crippen LogP contribution is 2.46. The van der Waals surface area contributed by atoms with E-state index in [2.05, 4.69) is 0 Å². The van der Waals surface area contributed by atoms with Gasteiger partial charge in [0.05, 0.1) is 10.9 Å². The summed E-state index contributed by atoms with van der Waals surface area (Å²) in [6, 6.07) is 25.6. The quantitative estimate of drug-likeness (QED) is 0.307. The van der Waals surface area contributed by atoms with Crippen molar-refractivity contribution in [3.8, 4) is 11.5 Å². The lowest BCUT2D eigenvalue weighted by molar-refractivity contribution is -0.0979. The van der Waals surface area contributed by atoms with Crippen LogP contribution in [0.1, 0.15) is 46.2 Å². The zero-order valence-corrected chi connectivity index (χ0v) is 22.6. The van der Waals surface area contributed by atoms with Crippen molar-refractivity contribution in [1.29, 1.82) is 0 Å². The van der Waals surface area contributed by atoms with Gasteiger partial charge in [-0.3, -0.25) is 9.59 Å². The maximum absolute atomic E-state index is 13.3. The van der Waals surface area contributed by atoms with Gasteiger partial charge in [-0.15, -0.1) is 0 Å². The van der Waals surface area contributed by atoms with Crippen LogP contribution in [-0.2, 0) is 25.7 Å². The normalized spacial score (nSPS) is 20.6. The van der Waals surface area contributed by atoms with Crippen molar-refractivity contribution in [2.24, 2.45) is 0 Å². The third-order valence-electron chi connectivity index (χ3n) is 7.94. The average molecular weight is 565 g/mol. The molecule has 1 aliphatic carbocycles. The molecule has 1 aliphatic heterocycles. The Morgan fingerprint density at radius 1 is 0.643 bits per heavy atom. The SMILES string of the molecule is O=c1cc(CCc2ccccc2)oc2c1C1Oc3cc4oc(CCc5ccccc5)cc(=O)c4cc3OC(C2O)C1O. The molecule has 8 heteroatoms. The van der Waals surface area contributed by atoms with Crippen LogP contribution in [0.4, 0.5) is 0 Å². The monoisotopic (exact) mass is 564 g/mol. The molecule has 3 aromatic carbocycles. The summed E-state index contributed by atoms with van der Waals surface area (Å²) in [7, 11) is 0. The van der Waals surface area contributed by atoms with Crippen LogP contribution in [0.3, 0.4) is 0 Å². The Balaban J connectivity index is 1.22. The molecule has 0 saturated carbocycles. The molecule has 2 N–H and O–H groups in total. The second-order valence-electron chi connectivity index (χ2n) is 10.8. The summed E-state index contributed by atoms with van der Waals surface area (Å²) in [6.45, 7) is 0. The number of aliphatic hydroxyl groups excluding tert-OH is 2. The van der Waals surface area contributed by atoms with E-state index in [1.54, 1.807) is 0 Å². The minimum Gasteiger partial charge on any atom is -0.480 e. The van der Waals surface area contributed by atoms with Gasteiger partial charge in [0.15, 0.2) is 40.7 Å². The minimum absolute atomic E-state index is 0.0145. The molecule has 2 aromatic heterocycles. The van der Waals surface area contributed by atoms with Crippen molar-refractivity contribution in [1.82, 2.24) is 0 Å². The predicted octanol–water partition coefficient (Wildman–Crippen LogP) is 4.61. The first-order valence-corrected chi connectivity index (χ1v) is 14.0. The lowest BCUT2D eigenvalue weighted by Crippen LogP contribution is -2.47. The van der Waals surface area contributed by atoms with Gasteiger partial charge in [-0.25, -0.2) is 0 Å². The highest BCUT2D eigenvalue weighted by atomic mass is 16.6. The fourth-order valence-electron chi connectivity index (χ4n) is 5.76. The van der Waals surface area contributed by atoms with Gasteiger partial charge in [0.1, 0.15) is 29.0 Å². The first kappa shape index (κ1) is 26.3. The number of aliphatic hydroxyl groups is 2. The van der Waals surface area contributed by atoms with Gasteiger partial charge >= 0.3 is 0 Å². The molecule has 0 saturated heterocycles. The van der Waals surface area contributed by atoms with Gasteiger partial charge in [-0.05, 0) is 30.0 Å². The zero-order valence-electron chi connectivity index (χ0n) is 22.6. The van der Waals surface area contributed by atoms with Gasteiger partial charge in [0, 0.05) is 31.0 Å². The number of benzene rings is 3. The molecule has 2 aliphatic rings. The molecule has 7 rings (SSSR count). The van der Waals surface area contributed by atoms with Crippen LogP contribution in [-0.4, -0.2) is 22.4 Å². The fraction of sp³-hybridized carbons (Fsp3) is 0.235. The predicted molar refractivity (Wildman–Crippen MR) is 154 cm³/mol. The summed E-state index contributed by atoms with van der Waals surface area (Å²) in [5.74, 6) is 1.29. The lowest BCUT2D eigenvalue weighted by atomic mass is 9.86. The van der Waals surface area contributed by atoms with E-state index < -0.39 is 29.8 Å². The summed E-state index contributed by atoms with van der Waals surface area (Å²) in [5, 5.41) is 22.6. The molecule has 3 heterocycles. The Hall–Kier alpha value is -4.66. The molecule has 42 heavy (non-hydrogen) atoms. The van der Waals surface area contributed by atoms with Crippen molar-refractivity contribution in [2.75, 3.05) is 0 Å². The Morgan fingerprint density at radius 2 is 1.24 bits per heavy atom. The molecule has 0 fully saturated rings. The summed E-state index contributed by atoms with van der Waals surface area (Å²) >= 11 is 0. The average Bonchev–Trinajstić information content (AvgIpc) is 3.10. The Labute approximate surface area is 240 Å². The number of hydrogen-bond acceptors (Lipinski definition) is 8. The van der Waals surface area contributed by atoms with Gasteiger partial charge in [0.2, 0.25) is 0 Å². The van der Waals surface area contributed by atoms with E-state index >= 15 is 0 Å². The molecule has 4 unspecified atom stereocenters. The molecule has 212 valence electrons. The Kier molecular flexibility index (Phi) is 6.64. The Morgan fingerprint density at radius 3 is 1.90 bits per heavy atom. The van der Waals surface area contributed by atoms with Crippen molar-refractivity contribution in [2.45, 2.75) is 50.1 Å². The van der Waals surface area contributed by atoms with Crippen LogP contribution >= 0.6 is 0 Å². The van der Waals surface area contributed by atoms with Crippen molar-refractivity contribution in [3.63, 3.8) is 0 Å². The number of fused-ring (bicyclic) bond motifs is 6. The molecule has 0 radical (unpaired) electrons. The Bertz CT molecular complexity index is 1880. The minimum atomic E-state index is -1.43. The second-order valence-corrected chi connectivity index (χ2v) is 10.8. The van der Waals surface area contributed by atoms with Crippen LogP contribution in [0.15, 0.2) is 103 Å². The first-order valence-electron chi connectivity index (χ1n) is 14.0. The van der Waals surface area contributed by atoms with Gasteiger partial charge < -0.3 is 28.5 Å². The maximum Gasteiger partial charge on any atom is 0.193 e. The molecular formula is C34H28O8. The number of ether oxygens (including phenoxy) is 2. The maximum atomic E-state index is 13.3. The third kappa shape index (κ3) is 4.78. The van der Waals surface area contributed by atoms with Crippen molar-refractivity contribution < 1.29 is 28.5 Å². The first-order chi connectivity index (χ1) is 20.4. The van der Waals surface area contributed by atoms with E-state index in [1.165, 1.54) is 24.3 Å². The molecule has 0 amide bonds. The van der Waals surface area contributed by atoms with E-state index in [1.807, 2.05) is 60.7 Å². The van der Waals surface area contributed by atoms with Crippen LogP contribution < -0.4 is 20.3 Å². The van der Waals surface area contributed by atoms with Crippen LogP contribution in [0.25, 0.3) is 11.0 Å². The van der Waals surface area contributed by atoms with Crippen LogP contribution in [0.5, 0.6) is 11.5 Å². The zero-order chi connectivity index (χ0) is 28.8. The van der Waals surface area contributed by atoms with Crippen molar-refractivity contribution in [3.05, 3.63) is 139 Å². The van der Waals surface area contributed by atoms with Gasteiger partial charge in [0.25, 0.3) is 0 Å². The molecular weight excluding hydrogens is 536 g/mol. The number of aryl methyl sites for hydroxylation is 4. The molecule has 2 bridgehead atoms. The van der Waals surface area contributed by atoms with E-state index in [0.717, 1.165) is 11.1 Å². The summed E-state index contributed by atoms with van der Waals surface area (Å²) in [5.41, 5.74) is 1.90. The summed E-state index contributed by atoms with van der Waals surface area (Å²) < 4.78 is 24.3. The van der Waals surface area contributed by atoms with Gasteiger partial charge in [-0.2, -0.15) is 0 Å². The number of hydrogen-bond donors (Lipinski definition) is 2. The second kappa shape index (κ2) is 10.6. The van der Waals surface area contributed by atoms with E-state index in [4.69, 9.17) is 18.3 Å². The van der Waals surface area contributed by atoms with Crippen molar-refractivity contribution >= 4 is 11.0 Å². The fourth-order valence-corrected chi connectivity index (χ4v) is 5.76. The standard InChI is InChI=1S/C34H28O8/c35-24-15-21(13-11-19-7-3-1-4-8-19)39-26-18-28-27(17-23(24)26)42-34-30(37)32-29(33(41-28)31(34)38)25(36)16-22(40-32)14-12-20-9-5-2-6-10-20/h1-10,15-18,30-31,33-34,37-38H,11-14H2.